The van der Waals surface area contributed by atoms with Crippen molar-refractivity contribution in [2.45, 2.75) is 33.6 Å². The molecular formula is C19H25N3O. The largest absolute Gasteiger partial charge is 0.354 e. The number of para-hydroxylation sites is 1. The van der Waals surface area contributed by atoms with Crippen LogP contribution >= 0.6 is 0 Å². The van der Waals surface area contributed by atoms with E-state index in [0.717, 1.165) is 30.8 Å². The molecule has 23 heavy (non-hydrogen) atoms. The maximum absolute atomic E-state index is 12.3. The lowest BCUT2D eigenvalue weighted by Crippen LogP contribution is -2.28. The van der Waals surface area contributed by atoms with Gasteiger partial charge in [0.25, 0.3) is 5.91 Å². The van der Waals surface area contributed by atoms with Crippen LogP contribution in [0.15, 0.2) is 36.5 Å². The second-order valence-electron chi connectivity index (χ2n) is 5.90. The van der Waals surface area contributed by atoms with Crippen molar-refractivity contribution in [3.63, 3.8) is 0 Å². The van der Waals surface area contributed by atoms with Gasteiger partial charge in [-0.15, -0.1) is 0 Å². The molecule has 0 saturated heterocycles. The Kier molecular flexibility index (Phi) is 5.74. The molecule has 4 nitrogen and oxygen atoms in total. The van der Waals surface area contributed by atoms with Gasteiger partial charge >= 0.3 is 0 Å². The molecule has 1 N–H and O–H groups in total. The third-order valence-corrected chi connectivity index (χ3v) is 3.93. The lowest BCUT2D eigenvalue weighted by atomic mass is 10.1. The summed E-state index contributed by atoms with van der Waals surface area (Å²) < 4.78 is 0. The number of rotatable bonds is 6. The lowest BCUT2D eigenvalue weighted by molar-refractivity contribution is 0.0787. The number of nitrogens with zero attached hydrogens (tertiary/aromatic N) is 2. The first-order valence-corrected chi connectivity index (χ1v) is 8.07. The van der Waals surface area contributed by atoms with E-state index in [0.29, 0.717) is 5.69 Å². The van der Waals surface area contributed by atoms with Crippen molar-refractivity contribution < 1.29 is 4.79 Å². The Labute approximate surface area is 138 Å². The van der Waals surface area contributed by atoms with Gasteiger partial charge in [0.2, 0.25) is 0 Å². The number of hydrogen-bond acceptors (Lipinski definition) is 3. The van der Waals surface area contributed by atoms with Gasteiger partial charge in [0.1, 0.15) is 5.69 Å². The Morgan fingerprint density at radius 3 is 2.43 bits per heavy atom. The molecule has 0 aliphatic carbocycles. The third kappa shape index (κ3) is 4.31. The second-order valence-corrected chi connectivity index (χ2v) is 5.90. The Morgan fingerprint density at radius 1 is 1.17 bits per heavy atom. The van der Waals surface area contributed by atoms with Gasteiger partial charge in [-0.3, -0.25) is 4.79 Å². The quantitative estimate of drug-likeness (QED) is 0.864. The number of unbranched alkanes of at least 4 members (excludes halogenated alkanes) is 1. The van der Waals surface area contributed by atoms with Crippen LogP contribution in [0.25, 0.3) is 0 Å². The van der Waals surface area contributed by atoms with Crippen molar-refractivity contribution >= 4 is 17.3 Å². The van der Waals surface area contributed by atoms with E-state index in [4.69, 9.17) is 0 Å². The fourth-order valence-electron chi connectivity index (χ4n) is 2.44. The van der Waals surface area contributed by atoms with Crippen molar-refractivity contribution in [1.82, 2.24) is 9.88 Å². The molecule has 1 heterocycles. The summed E-state index contributed by atoms with van der Waals surface area (Å²) in [6, 6.07) is 9.87. The molecule has 0 atom stereocenters. The molecule has 0 bridgehead atoms. The Morgan fingerprint density at radius 2 is 1.87 bits per heavy atom. The van der Waals surface area contributed by atoms with Crippen LogP contribution in [0.4, 0.5) is 11.4 Å². The summed E-state index contributed by atoms with van der Waals surface area (Å²) in [7, 11) is 1.82. The molecule has 0 radical (unpaired) electrons. The van der Waals surface area contributed by atoms with E-state index in [1.807, 2.05) is 19.2 Å². The minimum Gasteiger partial charge on any atom is -0.354 e. The molecule has 1 aromatic heterocycles. The molecule has 0 aliphatic heterocycles. The van der Waals surface area contributed by atoms with Crippen molar-refractivity contribution in [3.8, 4) is 0 Å². The number of benzene rings is 1. The summed E-state index contributed by atoms with van der Waals surface area (Å²) in [6.45, 7) is 7.02. The lowest BCUT2D eigenvalue weighted by Gasteiger charge is -2.16. The summed E-state index contributed by atoms with van der Waals surface area (Å²) >= 11 is 0. The number of pyridine rings is 1. The van der Waals surface area contributed by atoms with Gasteiger partial charge in [-0.25, -0.2) is 4.98 Å². The van der Waals surface area contributed by atoms with Crippen LogP contribution in [-0.4, -0.2) is 29.4 Å². The highest BCUT2D eigenvalue weighted by molar-refractivity contribution is 5.92. The molecule has 0 spiro atoms. The number of anilines is 2. The standard InChI is InChI=1S/C19H25N3O/c1-5-6-12-22(4)19(23)17-11-10-16(13-20-17)21-18-14(2)8-7-9-15(18)3/h7-11,13,21H,5-6,12H2,1-4H3. The molecular weight excluding hydrogens is 286 g/mol. The summed E-state index contributed by atoms with van der Waals surface area (Å²) in [5, 5.41) is 3.38. The smallest absolute Gasteiger partial charge is 0.272 e. The van der Waals surface area contributed by atoms with Gasteiger partial charge in [0.05, 0.1) is 11.9 Å². The van der Waals surface area contributed by atoms with E-state index in [2.05, 4.69) is 43.2 Å². The first kappa shape index (κ1) is 17.0. The van der Waals surface area contributed by atoms with Crippen LogP contribution in [-0.2, 0) is 0 Å². The minimum atomic E-state index is -0.0305. The fraction of sp³-hybridized carbons (Fsp3) is 0.368. The Bertz CT molecular complexity index is 645. The van der Waals surface area contributed by atoms with Gasteiger partial charge < -0.3 is 10.2 Å². The van der Waals surface area contributed by atoms with Gasteiger partial charge in [0, 0.05) is 19.3 Å². The summed E-state index contributed by atoms with van der Waals surface area (Å²) in [5.74, 6) is -0.0305. The van der Waals surface area contributed by atoms with Gasteiger partial charge in [-0.05, 0) is 43.5 Å². The number of aromatic nitrogens is 1. The molecule has 2 aromatic rings. The first-order chi connectivity index (χ1) is 11.0. The van der Waals surface area contributed by atoms with E-state index in [1.54, 1.807) is 17.2 Å². The van der Waals surface area contributed by atoms with Crippen LogP contribution in [0.1, 0.15) is 41.4 Å². The molecule has 0 unspecified atom stereocenters. The molecule has 1 aromatic carbocycles. The van der Waals surface area contributed by atoms with E-state index >= 15 is 0 Å². The van der Waals surface area contributed by atoms with Crippen LogP contribution in [0.5, 0.6) is 0 Å². The van der Waals surface area contributed by atoms with Gasteiger partial charge in [-0.2, -0.15) is 0 Å². The van der Waals surface area contributed by atoms with Crippen molar-refractivity contribution in [3.05, 3.63) is 53.3 Å². The van der Waals surface area contributed by atoms with E-state index < -0.39 is 0 Å². The summed E-state index contributed by atoms with van der Waals surface area (Å²) in [5.41, 5.74) is 4.83. The highest BCUT2D eigenvalue weighted by Crippen LogP contribution is 2.23. The maximum atomic E-state index is 12.3. The zero-order chi connectivity index (χ0) is 16.8. The highest BCUT2D eigenvalue weighted by Gasteiger charge is 2.12. The first-order valence-electron chi connectivity index (χ1n) is 8.07. The normalized spacial score (nSPS) is 10.4. The molecule has 1 amide bonds. The molecule has 2 rings (SSSR count). The number of aryl methyl sites for hydroxylation is 2. The second kappa shape index (κ2) is 7.77. The number of carbonyl (C=O) groups excluding carboxylic acids is 1. The van der Waals surface area contributed by atoms with Crippen LogP contribution in [0.3, 0.4) is 0 Å². The molecule has 4 heteroatoms. The maximum Gasteiger partial charge on any atom is 0.272 e. The number of nitrogens with one attached hydrogen (secondary N) is 1. The Hall–Kier alpha value is -2.36. The van der Waals surface area contributed by atoms with Crippen LogP contribution in [0, 0.1) is 13.8 Å². The van der Waals surface area contributed by atoms with Crippen molar-refractivity contribution in [1.29, 1.82) is 0 Å². The molecule has 0 fully saturated rings. The average molecular weight is 311 g/mol. The fourth-order valence-corrected chi connectivity index (χ4v) is 2.44. The SMILES string of the molecule is CCCCN(C)C(=O)c1ccc(Nc2c(C)cccc2C)cn1. The predicted octanol–water partition coefficient (Wildman–Crippen LogP) is 4.31. The Balaban J connectivity index is 2.09. The van der Waals surface area contributed by atoms with Gasteiger partial charge in [-0.1, -0.05) is 31.5 Å². The van der Waals surface area contributed by atoms with E-state index in [1.165, 1.54) is 11.1 Å². The van der Waals surface area contributed by atoms with Gasteiger partial charge in [0.15, 0.2) is 0 Å². The number of hydrogen-bond donors (Lipinski definition) is 1. The topological polar surface area (TPSA) is 45.2 Å². The number of amides is 1. The van der Waals surface area contributed by atoms with Crippen LogP contribution < -0.4 is 5.32 Å². The summed E-state index contributed by atoms with van der Waals surface area (Å²) in [4.78, 5) is 18.3. The van der Waals surface area contributed by atoms with E-state index in [9.17, 15) is 4.79 Å². The van der Waals surface area contributed by atoms with Crippen molar-refractivity contribution in [2.75, 3.05) is 18.9 Å². The zero-order valence-electron chi connectivity index (χ0n) is 14.4. The monoisotopic (exact) mass is 311 g/mol. The average Bonchev–Trinajstić information content (AvgIpc) is 2.56. The van der Waals surface area contributed by atoms with Crippen LogP contribution in [0.2, 0.25) is 0 Å². The minimum absolute atomic E-state index is 0.0305. The number of carbonyl (C=O) groups is 1. The van der Waals surface area contributed by atoms with E-state index in [-0.39, 0.29) is 5.91 Å². The molecule has 122 valence electrons. The molecule has 0 saturated carbocycles. The zero-order valence-corrected chi connectivity index (χ0v) is 14.4. The predicted molar refractivity (Wildman–Crippen MR) is 95.3 cm³/mol. The van der Waals surface area contributed by atoms with Crippen molar-refractivity contribution in [2.24, 2.45) is 0 Å². The molecule has 0 aliphatic rings. The third-order valence-electron chi connectivity index (χ3n) is 3.93. The highest BCUT2D eigenvalue weighted by atomic mass is 16.2. The summed E-state index contributed by atoms with van der Waals surface area (Å²) in [6.07, 6.45) is 3.80.